The summed E-state index contributed by atoms with van der Waals surface area (Å²) in [6, 6.07) is 7.78. The van der Waals surface area contributed by atoms with Crippen LogP contribution in [0.25, 0.3) is 0 Å². The van der Waals surface area contributed by atoms with Crippen molar-refractivity contribution in [2.45, 2.75) is 46.3 Å². The standard InChI is InChI=1S/C17H26O3/c1-15(2,3)17(18)14(20-11-16(17,4)5)12-8-7-9-13(10-12)19-6/h7-10,14,18H,11H2,1-6H3/t14-,17+/m0/s1. The van der Waals surface area contributed by atoms with Gasteiger partial charge >= 0.3 is 0 Å². The first kappa shape index (κ1) is 15.3. The minimum atomic E-state index is -0.938. The number of aliphatic hydroxyl groups is 1. The summed E-state index contributed by atoms with van der Waals surface area (Å²) >= 11 is 0. The largest absolute Gasteiger partial charge is 0.497 e. The van der Waals surface area contributed by atoms with Crippen molar-refractivity contribution in [2.75, 3.05) is 13.7 Å². The molecule has 0 spiro atoms. The molecule has 0 saturated carbocycles. The van der Waals surface area contributed by atoms with E-state index in [1.165, 1.54) is 0 Å². The monoisotopic (exact) mass is 278 g/mol. The van der Waals surface area contributed by atoms with Crippen molar-refractivity contribution in [2.24, 2.45) is 10.8 Å². The van der Waals surface area contributed by atoms with Gasteiger partial charge in [0, 0.05) is 5.41 Å². The normalized spacial score (nSPS) is 29.4. The Bertz CT molecular complexity index is 487. The van der Waals surface area contributed by atoms with Gasteiger partial charge in [0.25, 0.3) is 0 Å². The van der Waals surface area contributed by atoms with Gasteiger partial charge in [0.05, 0.1) is 13.7 Å². The predicted molar refractivity (Wildman–Crippen MR) is 79.9 cm³/mol. The van der Waals surface area contributed by atoms with Crippen molar-refractivity contribution in [3.8, 4) is 5.75 Å². The zero-order valence-electron chi connectivity index (χ0n) is 13.4. The van der Waals surface area contributed by atoms with Crippen molar-refractivity contribution in [1.82, 2.24) is 0 Å². The average Bonchev–Trinajstić information content (AvgIpc) is 2.61. The second-order valence-electron chi connectivity index (χ2n) is 7.37. The molecule has 0 radical (unpaired) electrons. The van der Waals surface area contributed by atoms with Crippen LogP contribution in [0, 0.1) is 10.8 Å². The van der Waals surface area contributed by atoms with Gasteiger partial charge in [-0.3, -0.25) is 0 Å². The van der Waals surface area contributed by atoms with Crippen LogP contribution >= 0.6 is 0 Å². The SMILES string of the molecule is COc1cccc([C@@H]2OCC(C)(C)[C@]2(O)C(C)(C)C)c1. The third-order valence-electron chi connectivity index (χ3n) is 4.56. The van der Waals surface area contributed by atoms with E-state index >= 15 is 0 Å². The van der Waals surface area contributed by atoms with E-state index in [2.05, 4.69) is 34.6 Å². The lowest BCUT2D eigenvalue weighted by Crippen LogP contribution is -2.54. The van der Waals surface area contributed by atoms with Crippen LogP contribution in [-0.4, -0.2) is 24.4 Å². The van der Waals surface area contributed by atoms with Gasteiger partial charge < -0.3 is 14.6 Å². The molecule has 0 amide bonds. The van der Waals surface area contributed by atoms with Gasteiger partial charge in [-0.25, -0.2) is 0 Å². The maximum Gasteiger partial charge on any atom is 0.119 e. The lowest BCUT2D eigenvalue weighted by atomic mass is 9.60. The molecular weight excluding hydrogens is 252 g/mol. The van der Waals surface area contributed by atoms with Gasteiger partial charge in [-0.15, -0.1) is 0 Å². The molecule has 1 aromatic carbocycles. The smallest absolute Gasteiger partial charge is 0.119 e. The molecule has 1 saturated heterocycles. The number of benzene rings is 1. The number of methoxy groups -OCH3 is 1. The van der Waals surface area contributed by atoms with E-state index in [1.54, 1.807) is 7.11 Å². The molecule has 1 aliphatic rings. The van der Waals surface area contributed by atoms with Crippen LogP contribution in [0.2, 0.25) is 0 Å². The Morgan fingerprint density at radius 2 is 1.95 bits per heavy atom. The maximum atomic E-state index is 11.5. The highest BCUT2D eigenvalue weighted by Gasteiger charge is 2.61. The fourth-order valence-corrected chi connectivity index (χ4v) is 3.43. The Balaban J connectivity index is 2.50. The molecule has 1 N–H and O–H groups in total. The Kier molecular flexibility index (Phi) is 3.64. The van der Waals surface area contributed by atoms with Crippen molar-refractivity contribution in [3.63, 3.8) is 0 Å². The zero-order valence-corrected chi connectivity index (χ0v) is 13.4. The summed E-state index contributed by atoms with van der Waals surface area (Å²) in [5.41, 5.74) is -0.570. The minimum absolute atomic E-state index is 0.291. The van der Waals surface area contributed by atoms with Crippen molar-refractivity contribution < 1.29 is 14.6 Å². The van der Waals surface area contributed by atoms with E-state index in [1.807, 2.05) is 24.3 Å². The zero-order chi connectivity index (χ0) is 15.2. The molecule has 0 unspecified atom stereocenters. The van der Waals surface area contributed by atoms with Crippen LogP contribution in [0.1, 0.15) is 46.3 Å². The van der Waals surface area contributed by atoms with Gasteiger partial charge in [-0.2, -0.15) is 0 Å². The maximum absolute atomic E-state index is 11.5. The molecule has 1 aliphatic heterocycles. The first-order valence-corrected chi connectivity index (χ1v) is 7.11. The number of hydrogen-bond acceptors (Lipinski definition) is 3. The highest BCUT2D eigenvalue weighted by Crippen LogP contribution is 2.57. The van der Waals surface area contributed by atoms with Crippen molar-refractivity contribution in [1.29, 1.82) is 0 Å². The Hall–Kier alpha value is -1.06. The van der Waals surface area contributed by atoms with Gasteiger partial charge in [-0.05, 0) is 23.1 Å². The highest BCUT2D eigenvalue weighted by atomic mass is 16.5. The van der Waals surface area contributed by atoms with Crippen LogP contribution in [0.3, 0.4) is 0 Å². The highest BCUT2D eigenvalue weighted by molar-refractivity contribution is 5.33. The molecule has 2 rings (SSSR count). The van der Waals surface area contributed by atoms with E-state index in [-0.39, 0.29) is 16.9 Å². The quantitative estimate of drug-likeness (QED) is 0.899. The minimum Gasteiger partial charge on any atom is -0.497 e. The molecule has 1 fully saturated rings. The molecule has 2 atom stereocenters. The summed E-state index contributed by atoms with van der Waals surface area (Å²) in [4.78, 5) is 0. The van der Waals surface area contributed by atoms with Gasteiger partial charge in [-0.1, -0.05) is 46.8 Å². The van der Waals surface area contributed by atoms with Crippen LogP contribution in [0.4, 0.5) is 0 Å². The van der Waals surface area contributed by atoms with Crippen molar-refractivity contribution in [3.05, 3.63) is 29.8 Å². The molecule has 3 nitrogen and oxygen atoms in total. The Morgan fingerprint density at radius 1 is 1.30 bits per heavy atom. The second-order valence-corrected chi connectivity index (χ2v) is 7.37. The van der Waals surface area contributed by atoms with Gasteiger partial charge in [0.2, 0.25) is 0 Å². The molecule has 1 heterocycles. The lowest BCUT2D eigenvalue weighted by Gasteiger charge is -2.48. The summed E-state index contributed by atoms with van der Waals surface area (Å²) in [5.74, 6) is 0.784. The number of rotatable bonds is 2. The summed E-state index contributed by atoms with van der Waals surface area (Å²) < 4.78 is 11.3. The number of hydrogen-bond donors (Lipinski definition) is 1. The molecule has 0 bridgehead atoms. The van der Waals surface area contributed by atoms with E-state index in [0.29, 0.717) is 6.61 Å². The second kappa shape index (κ2) is 4.74. The molecule has 112 valence electrons. The summed E-state index contributed by atoms with van der Waals surface area (Å²) in [7, 11) is 1.65. The summed E-state index contributed by atoms with van der Waals surface area (Å²) in [5, 5.41) is 11.5. The molecule has 3 heteroatoms. The van der Waals surface area contributed by atoms with Gasteiger partial charge in [0.1, 0.15) is 17.5 Å². The molecule has 20 heavy (non-hydrogen) atoms. The van der Waals surface area contributed by atoms with E-state index in [4.69, 9.17) is 9.47 Å². The Labute approximate surface area is 121 Å². The Morgan fingerprint density at radius 3 is 2.50 bits per heavy atom. The summed E-state index contributed by atoms with van der Waals surface area (Å²) in [6.45, 7) is 10.9. The molecular formula is C17H26O3. The van der Waals surface area contributed by atoms with Crippen LogP contribution in [-0.2, 0) is 4.74 Å². The molecule has 0 aliphatic carbocycles. The molecule has 1 aromatic rings. The predicted octanol–water partition coefficient (Wildman–Crippen LogP) is 3.57. The van der Waals surface area contributed by atoms with Gasteiger partial charge in [0.15, 0.2) is 0 Å². The van der Waals surface area contributed by atoms with E-state index < -0.39 is 5.60 Å². The fraction of sp³-hybridized carbons (Fsp3) is 0.647. The first-order chi connectivity index (χ1) is 9.13. The number of ether oxygens (including phenoxy) is 2. The third kappa shape index (κ3) is 2.13. The van der Waals surface area contributed by atoms with Crippen LogP contribution in [0.15, 0.2) is 24.3 Å². The summed E-state index contributed by atoms with van der Waals surface area (Å²) in [6.07, 6.45) is -0.340. The van der Waals surface area contributed by atoms with Crippen LogP contribution in [0.5, 0.6) is 5.75 Å². The fourth-order valence-electron chi connectivity index (χ4n) is 3.43. The molecule has 0 aromatic heterocycles. The average molecular weight is 278 g/mol. The first-order valence-electron chi connectivity index (χ1n) is 7.11. The van der Waals surface area contributed by atoms with Crippen LogP contribution < -0.4 is 4.74 Å². The third-order valence-corrected chi connectivity index (χ3v) is 4.56. The topological polar surface area (TPSA) is 38.7 Å². The van der Waals surface area contributed by atoms with Crippen molar-refractivity contribution >= 4 is 0 Å². The van der Waals surface area contributed by atoms with E-state index in [9.17, 15) is 5.11 Å². The lowest BCUT2D eigenvalue weighted by molar-refractivity contribution is -0.149. The van der Waals surface area contributed by atoms with E-state index in [0.717, 1.165) is 11.3 Å².